The highest BCUT2D eigenvalue weighted by molar-refractivity contribution is 5.74. The number of ether oxygens (including phenoxy) is 1. The van der Waals surface area contributed by atoms with Crippen LogP contribution in [0.25, 0.3) is 0 Å². The summed E-state index contributed by atoms with van der Waals surface area (Å²) in [6.07, 6.45) is 0. The molecule has 0 unspecified atom stereocenters. The Morgan fingerprint density at radius 1 is 1.60 bits per heavy atom. The molecule has 0 aliphatic carbocycles. The topological polar surface area (TPSA) is 90.4 Å². The van der Waals surface area contributed by atoms with E-state index in [2.05, 4.69) is 5.32 Å². The highest BCUT2D eigenvalue weighted by Gasteiger charge is 2.16. The Morgan fingerprint density at radius 3 is 2.93 bits per heavy atom. The molecule has 0 fully saturated rings. The van der Waals surface area contributed by atoms with Crippen molar-refractivity contribution < 1.29 is 9.66 Å². The second-order valence-corrected chi connectivity index (χ2v) is 2.92. The van der Waals surface area contributed by atoms with Gasteiger partial charge in [-0.05, 0) is 12.1 Å². The quantitative estimate of drug-likeness (QED) is 0.331. The van der Waals surface area contributed by atoms with E-state index < -0.39 is 4.92 Å². The van der Waals surface area contributed by atoms with Crippen molar-refractivity contribution in [3.8, 4) is 0 Å². The van der Waals surface area contributed by atoms with Gasteiger partial charge in [-0.3, -0.25) is 10.1 Å². The Morgan fingerprint density at radius 2 is 2.33 bits per heavy atom. The minimum Gasteiger partial charge on any atom is -0.393 e. The van der Waals surface area contributed by atoms with Gasteiger partial charge in [-0.2, -0.15) is 0 Å². The molecule has 0 heterocycles. The molecule has 1 rings (SSSR count). The molecule has 3 N–H and O–H groups in total. The first-order valence-corrected chi connectivity index (χ1v) is 4.42. The largest absolute Gasteiger partial charge is 0.393 e. The molecule has 82 valence electrons. The lowest BCUT2D eigenvalue weighted by molar-refractivity contribution is -0.383. The van der Waals surface area contributed by atoms with Crippen LogP contribution in [-0.4, -0.2) is 25.2 Å². The number of anilines is 2. The van der Waals surface area contributed by atoms with E-state index in [1.807, 2.05) is 0 Å². The molecule has 0 aliphatic rings. The summed E-state index contributed by atoms with van der Waals surface area (Å²) in [5.41, 5.74) is 5.99. The first kappa shape index (κ1) is 11.3. The predicted molar refractivity (Wildman–Crippen MR) is 57.9 cm³/mol. The first-order valence-electron chi connectivity index (χ1n) is 4.42. The highest BCUT2D eigenvalue weighted by atomic mass is 16.6. The standard InChI is InChI=1S/C9H13N3O3/c1-15-6-5-11-8-4-2-3-7(10)9(8)12(13)14/h2-4,11H,5-6,10H2,1H3. The van der Waals surface area contributed by atoms with Gasteiger partial charge in [-0.25, -0.2) is 0 Å². The van der Waals surface area contributed by atoms with Crippen molar-refractivity contribution in [2.24, 2.45) is 0 Å². The average molecular weight is 211 g/mol. The summed E-state index contributed by atoms with van der Waals surface area (Å²) in [6.45, 7) is 0.979. The molecule has 1 aromatic carbocycles. The minimum absolute atomic E-state index is 0.0893. The zero-order valence-corrected chi connectivity index (χ0v) is 8.40. The van der Waals surface area contributed by atoms with Crippen LogP contribution in [0.2, 0.25) is 0 Å². The molecule has 15 heavy (non-hydrogen) atoms. The number of para-hydroxylation sites is 1. The van der Waals surface area contributed by atoms with Crippen LogP contribution in [0.3, 0.4) is 0 Å². The monoisotopic (exact) mass is 211 g/mol. The number of nitrogens with zero attached hydrogens (tertiary/aromatic N) is 1. The maximum absolute atomic E-state index is 10.7. The molecule has 0 saturated heterocycles. The number of rotatable bonds is 5. The number of nitro benzene ring substituents is 1. The average Bonchev–Trinajstić information content (AvgIpc) is 2.17. The summed E-state index contributed by atoms with van der Waals surface area (Å²) in [4.78, 5) is 10.2. The number of hydrogen-bond acceptors (Lipinski definition) is 5. The molecule has 0 spiro atoms. The molecule has 0 aliphatic heterocycles. The number of benzene rings is 1. The number of nitrogens with two attached hydrogens (primary N) is 1. The van der Waals surface area contributed by atoms with Gasteiger partial charge in [-0.1, -0.05) is 6.07 Å². The maximum Gasteiger partial charge on any atom is 0.314 e. The number of methoxy groups -OCH3 is 1. The van der Waals surface area contributed by atoms with Crippen molar-refractivity contribution in [3.05, 3.63) is 28.3 Å². The van der Waals surface area contributed by atoms with Gasteiger partial charge >= 0.3 is 5.69 Å². The molecular formula is C9H13N3O3. The lowest BCUT2D eigenvalue weighted by Gasteiger charge is -2.07. The molecule has 1 aromatic rings. The summed E-state index contributed by atoms with van der Waals surface area (Å²) in [5.74, 6) is 0. The van der Waals surface area contributed by atoms with E-state index in [4.69, 9.17) is 10.5 Å². The molecule has 0 aromatic heterocycles. The zero-order valence-electron chi connectivity index (χ0n) is 8.40. The summed E-state index contributed by atoms with van der Waals surface area (Å²) >= 11 is 0. The first-order chi connectivity index (χ1) is 7.16. The Kier molecular flexibility index (Phi) is 3.87. The number of nitrogens with one attached hydrogen (secondary N) is 1. The van der Waals surface area contributed by atoms with Crippen molar-refractivity contribution in [2.75, 3.05) is 31.3 Å². The molecule has 0 bridgehead atoms. The molecule has 0 saturated carbocycles. The van der Waals surface area contributed by atoms with E-state index >= 15 is 0 Å². The number of hydrogen-bond donors (Lipinski definition) is 2. The van der Waals surface area contributed by atoms with Crippen LogP contribution in [0.5, 0.6) is 0 Å². The molecule has 0 radical (unpaired) electrons. The lowest BCUT2D eigenvalue weighted by Crippen LogP contribution is -2.10. The van der Waals surface area contributed by atoms with Crippen LogP contribution in [-0.2, 0) is 4.74 Å². The fourth-order valence-electron chi connectivity index (χ4n) is 1.20. The SMILES string of the molecule is COCCNc1cccc(N)c1[N+](=O)[O-]. The molecule has 0 atom stereocenters. The third kappa shape index (κ3) is 2.81. The van der Waals surface area contributed by atoms with Crippen LogP contribution in [0.4, 0.5) is 17.1 Å². The number of nitrogen functional groups attached to an aromatic ring is 1. The zero-order chi connectivity index (χ0) is 11.3. The fourth-order valence-corrected chi connectivity index (χ4v) is 1.20. The van der Waals surface area contributed by atoms with E-state index in [-0.39, 0.29) is 11.4 Å². The summed E-state index contributed by atoms with van der Waals surface area (Å²) in [7, 11) is 1.56. The molecular weight excluding hydrogens is 198 g/mol. The van der Waals surface area contributed by atoms with Crippen LogP contribution in [0.15, 0.2) is 18.2 Å². The summed E-state index contributed by atoms with van der Waals surface area (Å²) < 4.78 is 4.83. The summed E-state index contributed by atoms with van der Waals surface area (Å²) in [5, 5.41) is 13.6. The Bertz CT molecular complexity index is 354. The van der Waals surface area contributed by atoms with E-state index in [0.29, 0.717) is 18.8 Å². The van der Waals surface area contributed by atoms with Crippen LogP contribution < -0.4 is 11.1 Å². The van der Waals surface area contributed by atoms with Crippen molar-refractivity contribution in [2.45, 2.75) is 0 Å². The molecule has 0 amide bonds. The van der Waals surface area contributed by atoms with E-state index in [0.717, 1.165) is 0 Å². The van der Waals surface area contributed by atoms with Crippen molar-refractivity contribution in [3.63, 3.8) is 0 Å². The minimum atomic E-state index is -0.496. The Hall–Kier alpha value is -1.82. The van der Waals surface area contributed by atoms with Crippen molar-refractivity contribution in [1.82, 2.24) is 0 Å². The number of nitro groups is 1. The highest BCUT2D eigenvalue weighted by Crippen LogP contribution is 2.29. The van der Waals surface area contributed by atoms with E-state index in [1.54, 1.807) is 19.2 Å². The van der Waals surface area contributed by atoms with Gasteiger partial charge in [-0.15, -0.1) is 0 Å². The van der Waals surface area contributed by atoms with E-state index in [1.165, 1.54) is 6.07 Å². The van der Waals surface area contributed by atoms with Gasteiger partial charge in [0.1, 0.15) is 11.4 Å². The van der Waals surface area contributed by atoms with Gasteiger partial charge in [0.15, 0.2) is 0 Å². The Balaban J connectivity index is 2.86. The summed E-state index contributed by atoms with van der Waals surface area (Å²) in [6, 6.07) is 4.78. The van der Waals surface area contributed by atoms with Crippen molar-refractivity contribution >= 4 is 17.1 Å². The third-order valence-corrected chi connectivity index (χ3v) is 1.87. The van der Waals surface area contributed by atoms with Crippen LogP contribution in [0.1, 0.15) is 0 Å². The Labute approximate surface area is 87.2 Å². The second kappa shape index (κ2) is 5.16. The van der Waals surface area contributed by atoms with Crippen LogP contribution in [0, 0.1) is 10.1 Å². The third-order valence-electron chi connectivity index (χ3n) is 1.87. The molecule has 6 heteroatoms. The van der Waals surface area contributed by atoms with Crippen molar-refractivity contribution in [1.29, 1.82) is 0 Å². The van der Waals surface area contributed by atoms with Gasteiger partial charge in [0.05, 0.1) is 11.5 Å². The lowest BCUT2D eigenvalue weighted by atomic mass is 10.2. The molecule has 6 nitrogen and oxygen atoms in total. The van der Waals surface area contributed by atoms with Gasteiger partial charge in [0.25, 0.3) is 0 Å². The van der Waals surface area contributed by atoms with Gasteiger partial charge in [0, 0.05) is 13.7 Å². The van der Waals surface area contributed by atoms with Crippen LogP contribution >= 0.6 is 0 Å². The predicted octanol–water partition coefficient (Wildman–Crippen LogP) is 1.24. The van der Waals surface area contributed by atoms with Gasteiger partial charge < -0.3 is 15.8 Å². The second-order valence-electron chi connectivity index (χ2n) is 2.92. The van der Waals surface area contributed by atoms with E-state index in [9.17, 15) is 10.1 Å². The fraction of sp³-hybridized carbons (Fsp3) is 0.333. The normalized spacial score (nSPS) is 9.93. The smallest absolute Gasteiger partial charge is 0.314 e. The van der Waals surface area contributed by atoms with Gasteiger partial charge in [0.2, 0.25) is 0 Å². The maximum atomic E-state index is 10.7.